The maximum Gasteiger partial charge on any atom is 0.248 e. The van der Waals surface area contributed by atoms with Gasteiger partial charge in [-0.25, -0.2) is 0 Å². The van der Waals surface area contributed by atoms with Crippen molar-refractivity contribution in [3.63, 3.8) is 0 Å². The molecule has 0 fully saturated rings. The van der Waals surface area contributed by atoms with E-state index in [-0.39, 0.29) is 11.3 Å². The van der Waals surface area contributed by atoms with Gasteiger partial charge in [0.2, 0.25) is 5.91 Å². The normalized spacial score (nSPS) is 11.7. The molecule has 0 radical (unpaired) electrons. The Morgan fingerprint density at radius 1 is 1.00 bits per heavy atom. The molecule has 132 valence electrons. The molecule has 0 aromatic heterocycles. The quantitative estimate of drug-likeness (QED) is 0.647. The molecule has 0 aliphatic heterocycles. The molecule has 0 spiro atoms. The van der Waals surface area contributed by atoms with E-state index in [2.05, 4.69) is 57.3 Å². The maximum atomic E-state index is 12.1. The Labute approximate surface area is 152 Å². The number of hydrogen-bond acceptors (Lipinski definition) is 1. The fourth-order valence-electron chi connectivity index (χ4n) is 2.59. The second kappa shape index (κ2) is 8.66. The summed E-state index contributed by atoms with van der Waals surface area (Å²) < 4.78 is 0. The van der Waals surface area contributed by atoms with E-state index in [1.807, 2.05) is 30.3 Å². The van der Waals surface area contributed by atoms with Gasteiger partial charge in [0, 0.05) is 11.8 Å². The van der Waals surface area contributed by atoms with E-state index in [0.29, 0.717) is 0 Å². The minimum atomic E-state index is -0.110. The predicted molar refractivity (Wildman–Crippen MR) is 108 cm³/mol. The standard InChI is InChI=1S/C23H29NO/c1-5-6-7-18-10-15-21(16-11-18)24-22(25)17-12-19-8-13-20(14-9-19)23(2,3)4/h8-17H,5-7H2,1-4H3,(H,24,25). The largest absolute Gasteiger partial charge is 0.323 e. The second-order valence-electron chi connectivity index (χ2n) is 7.50. The highest BCUT2D eigenvalue weighted by Gasteiger charge is 2.12. The third-order valence-electron chi connectivity index (χ3n) is 4.24. The van der Waals surface area contributed by atoms with Crippen LogP contribution in [-0.4, -0.2) is 5.91 Å². The van der Waals surface area contributed by atoms with Crippen LogP contribution >= 0.6 is 0 Å². The zero-order valence-electron chi connectivity index (χ0n) is 15.8. The van der Waals surface area contributed by atoms with Crippen LogP contribution in [0.15, 0.2) is 54.6 Å². The molecule has 0 aliphatic carbocycles. The summed E-state index contributed by atoms with van der Waals surface area (Å²) in [7, 11) is 0. The molecule has 0 aliphatic rings. The highest BCUT2D eigenvalue weighted by molar-refractivity contribution is 6.01. The molecule has 2 heteroatoms. The summed E-state index contributed by atoms with van der Waals surface area (Å²) in [5.74, 6) is -0.110. The number of carbonyl (C=O) groups excluding carboxylic acids is 1. The van der Waals surface area contributed by atoms with Crippen molar-refractivity contribution in [2.24, 2.45) is 0 Å². The predicted octanol–water partition coefficient (Wildman–Crippen LogP) is 5.98. The first-order valence-electron chi connectivity index (χ1n) is 9.07. The highest BCUT2D eigenvalue weighted by Crippen LogP contribution is 2.22. The first-order valence-corrected chi connectivity index (χ1v) is 9.07. The average molecular weight is 335 g/mol. The van der Waals surface area contributed by atoms with Crippen LogP contribution in [0.3, 0.4) is 0 Å². The Kier molecular flexibility index (Phi) is 6.58. The van der Waals surface area contributed by atoms with Gasteiger partial charge in [0.15, 0.2) is 0 Å². The summed E-state index contributed by atoms with van der Waals surface area (Å²) in [6, 6.07) is 16.4. The van der Waals surface area contributed by atoms with E-state index in [1.165, 1.54) is 24.0 Å². The monoisotopic (exact) mass is 335 g/mol. The molecule has 2 aromatic carbocycles. The molecule has 0 atom stereocenters. The molecular formula is C23H29NO. The fraction of sp³-hybridized carbons (Fsp3) is 0.348. The van der Waals surface area contributed by atoms with Gasteiger partial charge >= 0.3 is 0 Å². The van der Waals surface area contributed by atoms with Crippen molar-refractivity contribution < 1.29 is 4.79 Å². The number of rotatable bonds is 6. The summed E-state index contributed by atoms with van der Waals surface area (Å²) in [4.78, 5) is 12.1. The summed E-state index contributed by atoms with van der Waals surface area (Å²) in [6.07, 6.45) is 6.91. The van der Waals surface area contributed by atoms with Gasteiger partial charge in [0.25, 0.3) is 0 Å². The number of hydrogen-bond donors (Lipinski definition) is 1. The summed E-state index contributed by atoms with van der Waals surface area (Å²) in [5.41, 5.74) is 4.60. The van der Waals surface area contributed by atoms with Crippen molar-refractivity contribution in [3.8, 4) is 0 Å². The molecular weight excluding hydrogens is 306 g/mol. The molecule has 1 amide bonds. The van der Waals surface area contributed by atoms with Crippen LogP contribution in [0.1, 0.15) is 57.2 Å². The minimum Gasteiger partial charge on any atom is -0.323 e. The lowest BCUT2D eigenvalue weighted by Gasteiger charge is -2.18. The molecule has 2 nitrogen and oxygen atoms in total. The van der Waals surface area contributed by atoms with Crippen molar-refractivity contribution >= 4 is 17.7 Å². The van der Waals surface area contributed by atoms with Crippen molar-refractivity contribution in [1.29, 1.82) is 0 Å². The van der Waals surface area contributed by atoms with Gasteiger partial charge in [-0.3, -0.25) is 4.79 Å². The van der Waals surface area contributed by atoms with Crippen LogP contribution in [-0.2, 0) is 16.6 Å². The van der Waals surface area contributed by atoms with Crippen molar-refractivity contribution in [2.75, 3.05) is 5.32 Å². The van der Waals surface area contributed by atoms with Crippen LogP contribution in [0.5, 0.6) is 0 Å². The van der Waals surface area contributed by atoms with E-state index in [0.717, 1.165) is 17.7 Å². The summed E-state index contributed by atoms with van der Waals surface area (Å²) in [6.45, 7) is 8.77. The summed E-state index contributed by atoms with van der Waals surface area (Å²) in [5, 5.41) is 2.91. The van der Waals surface area contributed by atoms with E-state index >= 15 is 0 Å². The zero-order chi connectivity index (χ0) is 18.3. The van der Waals surface area contributed by atoms with Gasteiger partial charge in [-0.15, -0.1) is 0 Å². The summed E-state index contributed by atoms with van der Waals surface area (Å²) >= 11 is 0. The Balaban J connectivity index is 1.92. The molecule has 0 heterocycles. The van der Waals surface area contributed by atoms with E-state index in [4.69, 9.17) is 0 Å². The Morgan fingerprint density at radius 3 is 2.20 bits per heavy atom. The third-order valence-corrected chi connectivity index (χ3v) is 4.24. The molecule has 0 unspecified atom stereocenters. The number of nitrogens with one attached hydrogen (secondary N) is 1. The number of amides is 1. The molecule has 0 bridgehead atoms. The van der Waals surface area contributed by atoms with Crippen LogP contribution in [0.2, 0.25) is 0 Å². The smallest absolute Gasteiger partial charge is 0.248 e. The Hall–Kier alpha value is -2.35. The second-order valence-corrected chi connectivity index (χ2v) is 7.50. The molecule has 2 aromatic rings. The van der Waals surface area contributed by atoms with Gasteiger partial charge in [0.05, 0.1) is 0 Å². The topological polar surface area (TPSA) is 29.1 Å². The molecule has 1 N–H and O–H groups in total. The van der Waals surface area contributed by atoms with Gasteiger partial charge in [-0.2, -0.15) is 0 Å². The number of aryl methyl sites for hydroxylation is 1. The lowest BCUT2D eigenvalue weighted by atomic mass is 9.87. The Morgan fingerprint density at radius 2 is 1.64 bits per heavy atom. The average Bonchev–Trinajstić information content (AvgIpc) is 2.59. The van der Waals surface area contributed by atoms with Crippen LogP contribution in [0.4, 0.5) is 5.69 Å². The van der Waals surface area contributed by atoms with Gasteiger partial charge in [-0.1, -0.05) is 70.5 Å². The first-order chi connectivity index (χ1) is 11.9. The van der Waals surface area contributed by atoms with Gasteiger partial charge < -0.3 is 5.32 Å². The van der Waals surface area contributed by atoms with Crippen LogP contribution in [0, 0.1) is 0 Å². The number of unbranched alkanes of at least 4 members (excludes halogenated alkanes) is 1. The molecule has 2 rings (SSSR count). The Bertz CT molecular complexity index is 703. The maximum absolute atomic E-state index is 12.1. The number of benzene rings is 2. The lowest BCUT2D eigenvalue weighted by molar-refractivity contribution is -0.111. The van der Waals surface area contributed by atoms with E-state index < -0.39 is 0 Å². The van der Waals surface area contributed by atoms with E-state index in [1.54, 1.807) is 6.08 Å². The molecule has 25 heavy (non-hydrogen) atoms. The third kappa shape index (κ3) is 6.22. The van der Waals surface area contributed by atoms with Crippen LogP contribution < -0.4 is 5.32 Å². The lowest BCUT2D eigenvalue weighted by Crippen LogP contribution is -2.10. The molecule has 0 saturated carbocycles. The van der Waals surface area contributed by atoms with Crippen LogP contribution in [0.25, 0.3) is 6.08 Å². The van der Waals surface area contributed by atoms with Crippen molar-refractivity contribution in [2.45, 2.75) is 52.4 Å². The fourth-order valence-corrected chi connectivity index (χ4v) is 2.59. The zero-order valence-corrected chi connectivity index (χ0v) is 15.8. The van der Waals surface area contributed by atoms with Gasteiger partial charge in [-0.05, 0) is 53.2 Å². The van der Waals surface area contributed by atoms with Crippen molar-refractivity contribution in [3.05, 3.63) is 71.3 Å². The first kappa shape index (κ1) is 19.0. The van der Waals surface area contributed by atoms with Crippen molar-refractivity contribution in [1.82, 2.24) is 0 Å². The number of anilines is 1. The molecule has 0 saturated heterocycles. The van der Waals surface area contributed by atoms with E-state index in [9.17, 15) is 4.79 Å². The van der Waals surface area contributed by atoms with Gasteiger partial charge in [0.1, 0.15) is 0 Å². The number of carbonyl (C=O) groups is 1. The minimum absolute atomic E-state index is 0.110. The highest BCUT2D eigenvalue weighted by atomic mass is 16.1. The SMILES string of the molecule is CCCCc1ccc(NC(=O)C=Cc2ccc(C(C)(C)C)cc2)cc1.